The maximum absolute atomic E-state index is 4.61. The summed E-state index contributed by atoms with van der Waals surface area (Å²) in [6.07, 6.45) is 7.49. The summed E-state index contributed by atoms with van der Waals surface area (Å²) in [5.74, 6) is 2.01. The van der Waals surface area contributed by atoms with Gasteiger partial charge in [0, 0.05) is 38.2 Å². The predicted octanol–water partition coefficient (Wildman–Crippen LogP) is 0.413. The van der Waals surface area contributed by atoms with E-state index in [1.807, 2.05) is 25.6 Å². The van der Waals surface area contributed by atoms with Crippen LogP contribution in [0.1, 0.15) is 11.5 Å². The molecule has 3 rings (SSSR count). The number of aromatic nitrogens is 4. The number of nitrogens with one attached hydrogen (secondary N) is 1. The van der Waals surface area contributed by atoms with E-state index in [4.69, 9.17) is 0 Å². The second kappa shape index (κ2) is 4.73. The fraction of sp³-hybridized carbons (Fsp3) is 0.417. The van der Waals surface area contributed by atoms with Gasteiger partial charge < -0.3 is 14.8 Å². The van der Waals surface area contributed by atoms with Crippen LogP contribution < -0.4 is 10.2 Å². The highest BCUT2D eigenvalue weighted by molar-refractivity contribution is 5.37. The van der Waals surface area contributed by atoms with Gasteiger partial charge in [-0.15, -0.1) is 0 Å². The lowest BCUT2D eigenvalue weighted by atomic mass is 10.3. The number of nitrogens with zero attached hydrogens (tertiary/aromatic N) is 5. The van der Waals surface area contributed by atoms with Gasteiger partial charge in [0.25, 0.3) is 0 Å². The molecule has 1 aliphatic heterocycles. The Bertz CT molecular complexity index is 535. The molecule has 0 aromatic carbocycles. The minimum atomic E-state index is 0.739. The third-order valence-electron chi connectivity index (χ3n) is 3.10. The SMILES string of the molecule is CNCc1cncc(N2CCn3ccnc3C2)n1. The summed E-state index contributed by atoms with van der Waals surface area (Å²) in [6.45, 7) is 3.43. The smallest absolute Gasteiger partial charge is 0.147 e. The zero-order valence-electron chi connectivity index (χ0n) is 10.4. The van der Waals surface area contributed by atoms with Crippen molar-refractivity contribution in [1.29, 1.82) is 0 Å². The van der Waals surface area contributed by atoms with Gasteiger partial charge in [-0.3, -0.25) is 4.98 Å². The second-order valence-corrected chi connectivity index (χ2v) is 4.36. The van der Waals surface area contributed by atoms with E-state index in [1.54, 1.807) is 6.20 Å². The van der Waals surface area contributed by atoms with Gasteiger partial charge in [-0.05, 0) is 7.05 Å². The van der Waals surface area contributed by atoms with E-state index in [1.165, 1.54) is 0 Å². The van der Waals surface area contributed by atoms with Gasteiger partial charge >= 0.3 is 0 Å². The largest absolute Gasteiger partial charge is 0.346 e. The Kier molecular flexibility index (Phi) is 2.93. The normalized spacial score (nSPS) is 14.6. The van der Waals surface area contributed by atoms with Crippen LogP contribution in [0, 0.1) is 0 Å². The monoisotopic (exact) mass is 244 g/mol. The first-order valence-electron chi connectivity index (χ1n) is 6.07. The van der Waals surface area contributed by atoms with Crippen molar-refractivity contribution >= 4 is 5.82 Å². The fourth-order valence-corrected chi connectivity index (χ4v) is 2.18. The number of fused-ring (bicyclic) bond motifs is 1. The Hall–Kier alpha value is -1.95. The highest BCUT2D eigenvalue weighted by Crippen LogP contribution is 2.17. The second-order valence-electron chi connectivity index (χ2n) is 4.36. The Balaban J connectivity index is 1.81. The van der Waals surface area contributed by atoms with E-state index >= 15 is 0 Å². The van der Waals surface area contributed by atoms with Gasteiger partial charge in [-0.2, -0.15) is 0 Å². The number of rotatable bonds is 3. The average Bonchev–Trinajstić information content (AvgIpc) is 2.86. The molecule has 0 unspecified atom stereocenters. The number of anilines is 1. The quantitative estimate of drug-likeness (QED) is 0.847. The highest BCUT2D eigenvalue weighted by atomic mass is 15.3. The summed E-state index contributed by atoms with van der Waals surface area (Å²) < 4.78 is 2.18. The standard InChI is InChI=1S/C12H16N6/c1-13-6-10-7-14-8-11(16-10)18-5-4-17-3-2-15-12(17)9-18/h2-3,7-8,13H,4-6,9H2,1H3. The molecule has 0 spiro atoms. The zero-order valence-corrected chi connectivity index (χ0v) is 10.4. The van der Waals surface area contributed by atoms with Crippen molar-refractivity contribution in [1.82, 2.24) is 24.8 Å². The molecule has 2 aromatic rings. The number of hydrogen-bond donors (Lipinski definition) is 1. The molecule has 0 saturated heterocycles. The van der Waals surface area contributed by atoms with Crippen LogP contribution in [0.3, 0.4) is 0 Å². The highest BCUT2D eigenvalue weighted by Gasteiger charge is 2.18. The van der Waals surface area contributed by atoms with Crippen molar-refractivity contribution in [3.63, 3.8) is 0 Å². The topological polar surface area (TPSA) is 58.9 Å². The van der Waals surface area contributed by atoms with Crippen LogP contribution >= 0.6 is 0 Å². The van der Waals surface area contributed by atoms with Crippen molar-refractivity contribution in [3.05, 3.63) is 36.3 Å². The maximum atomic E-state index is 4.61. The number of imidazole rings is 1. The van der Waals surface area contributed by atoms with Crippen molar-refractivity contribution < 1.29 is 0 Å². The van der Waals surface area contributed by atoms with Crippen LogP contribution in [-0.2, 0) is 19.6 Å². The molecule has 0 aliphatic carbocycles. The predicted molar refractivity (Wildman–Crippen MR) is 68.1 cm³/mol. The maximum Gasteiger partial charge on any atom is 0.147 e. The van der Waals surface area contributed by atoms with E-state index in [0.717, 1.165) is 43.5 Å². The lowest BCUT2D eigenvalue weighted by Crippen LogP contribution is -2.34. The summed E-state index contributed by atoms with van der Waals surface area (Å²) in [5, 5.41) is 3.09. The Morgan fingerprint density at radius 3 is 3.17 bits per heavy atom. The molecule has 18 heavy (non-hydrogen) atoms. The molecule has 1 N–H and O–H groups in total. The minimum absolute atomic E-state index is 0.739. The van der Waals surface area contributed by atoms with E-state index in [2.05, 4.69) is 29.7 Å². The molecule has 6 nitrogen and oxygen atoms in total. The van der Waals surface area contributed by atoms with E-state index in [0.29, 0.717) is 0 Å². The molecule has 0 bridgehead atoms. The van der Waals surface area contributed by atoms with Crippen molar-refractivity contribution in [2.75, 3.05) is 18.5 Å². The van der Waals surface area contributed by atoms with Gasteiger partial charge in [-0.25, -0.2) is 9.97 Å². The van der Waals surface area contributed by atoms with Gasteiger partial charge in [0.15, 0.2) is 0 Å². The molecular weight excluding hydrogens is 228 g/mol. The average molecular weight is 244 g/mol. The van der Waals surface area contributed by atoms with Crippen LogP contribution in [0.4, 0.5) is 5.82 Å². The van der Waals surface area contributed by atoms with Gasteiger partial charge in [0.05, 0.1) is 18.4 Å². The molecule has 0 saturated carbocycles. The van der Waals surface area contributed by atoms with E-state index in [-0.39, 0.29) is 0 Å². The minimum Gasteiger partial charge on any atom is -0.346 e. The van der Waals surface area contributed by atoms with Crippen LogP contribution in [0.25, 0.3) is 0 Å². The first-order chi connectivity index (χ1) is 8.86. The van der Waals surface area contributed by atoms with Crippen molar-refractivity contribution in [2.45, 2.75) is 19.6 Å². The molecule has 0 atom stereocenters. The zero-order chi connectivity index (χ0) is 12.4. The number of hydrogen-bond acceptors (Lipinski definition) is 5. The van der Waals surface area contributed by atoms with E-state index in [9.17, 15) is 0 Å². The summed E-state index contributed by atoms with van der Waals surface area (Å²) >= 11 is 0. The van der Waals surface area contributed by atoms with Crippen molar-refractivity contribution in [3.8, 4) is 0 Å². The molecule has 0 radical (unpaired) electrons. The Morgan fingerprint density at radius 1 is 1.33 bits per heavy atom. The van der Waals surface area contributed by atoms with Crippen LogP contribution in [-0.4, -0.2) is 33.1 Å². The van der Waals surface area contributed by atoms with Crippen LogP contribution in [0.5, 0.6) is 0 Å². The third kappa shape index (κ3) is 2.06. The molecular formula is C12H16N6. The lowest BCUT2D eigenvalue weighted by molar-refractivity contribution is 0.554. The fourth-order valence-electron chi connectivity index (χ4n) is 2.18. The molecule has 1 aliphatic rings. The summed E-state index contributed by atoms with van der Waals surface area (Å²) in [6, 6.07) is 0. The van der Waals surface area contributed by atoms with Crippen LogP contribution in [0.2, 0.25) is 0 Å². The Labute approximate surface area is 106 Å². The molecule has 2 aromatic heterocycles. The first-order valence-corrected chi connectivity index (χ1v) is 6.07. The molecule has 94 valence electrons. The third-order valence-corrected chi connectivity index (χ3v) is 3.10. The van der Waals surface area contributed by atoms with E-state index < -0.39 is 0 Å². The summed E-state index contributed by atoms with van der Waals surface area (Å²) in [4.78, 5) is 15.4. The van der Waals surface area contributed by atoms with Crippen LogP contribution in [0.15, 0.2) is 24.8 Å². The van der Waals surface area contributed by atoms with Gasteiger partial charge in [-0.1, -0.05) is 0 Å². The molecule has 3 heterocycles. The lowest BCUT2D eigenvalue weighted by Gasteiger charge is -2.28. The summed E-state index contributed by atoms with van der Waals surface area (Å²) in [5.41, 5.74) is 0.962. The van der Waals surface area contributed by atoms with Gasteiger partial charge in [0.1, 0.15) is 11.6 Å². The van der Waals surface area contributed by atoms with Crippen molar-refractivity contribution in [2.24, 2.45) is 0 Å². The molecule has 0 amide bonds. The summed E-state index contributed by atoms with van der Waals surface area (Å²) in [7, 11) is 1.91. The molecule has 0 fully saturated rings. The Morgan fingerprint density at radius 2 is 2.28 bits per heavy atom. The molecule has 6 heteroatoms. The van der Waals surface area contributed by atoms with Gasteiger partial charge in [0.2, 0.25) is 0 Å². The first kappa shape index (κ1) is 11.2.